The van der Waals surface area contributed by atoms with E-state index in [4.69, 9.17) is 0 Å². The summed E-state index contributed by atoms with van der Waals surface area (Å²) in [7, 11) is 1.98. The van der Waals surface area contributed by atoms with E-state index in [0.717, 1.165) is 12.2 Å². The molecule has 0 aromatic carbocycles. The van der Waals surface area contributed by atoms with Crippen LogP contribution in [0.3, 0.4) is 0 Å². The van der Waals surface area contributed by atoms with E-state index >= 15 is 0 Å². The molecule has 2 heteroatoms. The zero-order valence-corrected chi connectivity index (χ0v) is 11.0. The summed E-state index contributed by atoms with van der Waals surface area (Å²) in [6, 6.07) is 4.13. The molecule has 0 atom stereocenters. The molecule has 1 rings (SSSR count). The van der Waals surface area contributed by atoms with E-state index < -0.39 is 0 Å². The van der Waals surface area contributed by atoms with Crippen molar-refractivity contribution in [3.63, 3.8) is 0 Å². The van der Waals surface area contributed by atoms with Gasteiger partial charge in [0.05, 0.1) is 0 Å². The Bertz CT molecular complexity index is 295. The zero-order valence-electron chi connectivity index (χ0n) is 11.0. The predicted molar refractivity (Wildman–Crippen MR) is 72.8 cm³/mol. The van der Waals surface area contributed by atoms with E-state index in [1.165, 1.54) is 18.4 Å². The highest BCUT2D eigenvalue weighted by Crippen LogP contribution is 2.17. The maximum absolute atomic E-state index is 4.36. The predicted octanol–water partition coefficient (Wildman–Crippen LogP) is 4.03. The van der Waals surface area contributed by atoms with Gasteiger partial charge in [0.2, 0.25) is 0 Å². The largest absolute Gasteiger partial charge is 0.336 e. The Balaban J connectivity index is 0.00000106. The number of unbranched alkanes of at least 4 members (excludes halogenated alkanes) is 1. The van der Waals surface area contributed by atoms with Crippen molar-refractivity contribution >= 4 is 5.82 Å². The highest BCUT2D eigenvalue weighted by molar-refractivity contribution is 5.48. The average molecular weight is 220 g/mol. The fourth-order valence-electron chi connectivity index (χ4n) is 1.40. The molecule has 0 radical (unpaired) electrons. The Morgan fingerprint density at radius 1 is 1.44 bits per heavy atom. The number of rotatable bonds is 5. The van der Waals surface area contributed by atoms with Crippen molar-refractivity contribution in [1.29, 1.82) is 0 Å². The molecule has 1 aromatic heterocycles. The molecular weight excluding hydrogens is 196 g/mol. The quantitative estimate of drug-likeness (QED) is 0.744. The summed E-state index contributed by atoms with van der Waals surface area (Å²) in [6.45, 7) is 9.95. The molecule has 0 fully saturated rings. The topological polar surface area (TPSA) is 16.1 Å². The van der Waals surface area contributed by atoms with Crippen molar-refractivity contribution in [2.75, 3.05) is 11.9 Å². The van der Waals surface area contributed by atoms with Crippen molar-refractivity contribution in [1.82, 2.24) is 4.98 Å². The second-order valence-corrected chi connectivity index (χ2v) is 3.38. The van der Waals surface area contributed by atoms with Gasteiger partial charge in [0.1, 0.15) is 5.82 Å². The molecule has 0 bridgehead atoms. The van der Waals surface area contributed by atoms with Crippen LogP contribution in [0.4, 0.5) is 5.82 Å². The number of aromatic nitrogens is 1. The maximum atomic E-state index is 4.36. The molecule has 16 heavy (non-hydrogen) atoms. The molecule has 0 aliphatic carbocycles. The van der Waals surface area contributed by atoms with Crippen LogP contribution in [-0.2, 0) is 6.42 Å². The lowest BCUT2D eigenvalue weighted by atomic mass is 10.1. The monoisotopic (exact) mass is 220 g/mol. The third-order valence-electron chi connectivity index (χ3n) is 2.28. The molecule has 90 valence electrons. The normalized spacial score (nSPS) is 9.00. The second kappa shape index (κ2) is 8.96. The number of anilines is 1. The van der Waals surface area contributed by atoms with Crippen LogP contribution in [0.1, 0.15) is 39.2 Å². The van der Waals surface area contributed by atoms with Gasteiger partial charge in [-0.2, -0.15) is 0 Å². The molecule has 0 N–H and O–H groups in total. The summed E-state index contributed by atoms with van der Waals surface area (Å²) in [5.74, 6) is 1.02. The lowest BCUT2D eigenvalue weighted by Gasteiger charge is -2.16. The Kier molecular flexibility index (Phi) is 8.22. The van der Waals surface area contributed by atoms with E-state index in [0.29, 0.717) is 0 Å². The van der Waals surface area contributed by atoms with Crippen LogP contribution in [0.2, 0.25) is 0 Å². The van der Waals surface area contributed by atoms with Crippen molar-refractivity contribution in [2.45, 2.75) is 40.0 Å². The Hall–Kier alpha value is -1.31. The first-order valence-electron chi connectivity index (χ1n) is 6.09. The molecule has 0 saturated carbocycles. The minimum Gasteiger partial charge on any atom is -0.336 e. The summed E-state index contributed by atoms with van der Waals surface area (Å²) in [5, 5.41) is 0. The molecule has 1 aromatic rings. The minimum atomic E-state index is 1.02. The Labute approximate surface area is 100 Å². The van der Waals surface area contributed by atoms with Gasteiger partial charge in [-0.3, -0.25) is 0 Å². The number of aryl methyl sites for hydroxylation is 1. The van der Waals surface area contributed by atoms with Crippen molar-refractivity contribution in [3.8, 4) is 0 Å². The fraction of sp³-hybridized carbons (Fsp3) is 0.500. The lowest BCUT2D eigenvalue weighted by Crippen LogP contribution is -2.11. The molecule has 0 amide bonds. The highest BCUT2D eigenvalue weighted by atomic mass is 15.1. The van der Waals surface area contributed by atoms with Gasteiger partial charge < -0.3 is 4.90 Å². The molecule has 0 aliphatic rings. The smallest absolute Gasteiger partial charge is 0.135 e. The molecule has 2 nitrogen and oxygen atoms in total. The third-order valence-corrected chi connectivity index (χ3v) is 2.28. The van der Waals surface area contributed by atoms with Crippen molar-refractivity contribution in [2.24, 2.45) is 0 Å². The first kappa shape index (κ1) is 14.7. The van der Waals surface area contributed by atoms with Crippen LogP contribution in [-0.4, -0.2) is 12.0 Å². The van der Waals surface area contributed by atoms with Crippen LogP contribution in [0.15, 0.2) is 31.1 Å². The maximum Gasteiger partial charge on any atom is 0.135 e. The Morgan fingerprint density at radius 2 is 2.12 bits per heavy atom. The average Bonchev–Trinajstić information content (AvgIpc) is 2.38. The fourth-order valence-corrected chi connectivity index (χ4v) is 1.40. The van der Waals surface area contributed by atoms with Gasteiger partial charge in [0, 0.05) is 13.2 Å². The first-order chi connectivity index (χ1) is 7.79. The summed E-state index contributed by atoms with van der Waals surface area (Å²) in [4.78, 5) is 6.32. The molecule has 0 saturated heterocycles. The van der Waals surface area contributed by atoms with Gasteiger partial charge in [-0.05, 0) is 30.7 Å². The van der Waals surface area contributed by atoms with Crippen molar-refractivity contribution in [3.05, 3.63) is 36.7 Å². The number of nitrogens with zero attached hydrogens (tertiary/aromatic N) is 2. The molecular formula is C14H24N2. The van der Waals surface area contributed by atoms with Crippen LogP contribution < -0.4 is 4.90 Å². The van der Waals surface area contributed by atoms with Crippen molar-refractivity contribution < 1.29 is 0 Å². The van der Waals surface area contributed by atoms with E-state index in [-0.39, 0.29) is 0 Å². The number of hydrogen-bond acceptors (Lipinski definition) is 2. The van der Waals surface area contributed by atoms with Crippen LogP contribution in [0, 0.1) is 0 Å². The summed E-state index contributed by atoms with van der Waals surface area (Å²) < 4.78 is 0. The molecule has 0 unspecified atom stereocenters. The van der Waals surface area contributed by atoms with Gasteiger partial charge >= 0.3 is 0 Å². The van der Waals surface area contributed by atoms with Crippen LogP contribution in [0.5, 0.6) is 0 Å². The summed E-state index contributed by atoms with van der Waals surface area (Å²) in [5.41, 5.74) is 1.30. The minimum absolute atomic E-state index is 1.02. The zero-order chi connectivity index (χ0) is 12.4. The molecule has 0 aliphatic heterocycles. The molecule has 0 spiro atoms. The Morgan fingerprint density at radius 3 is 2.69 bits per heavy atom. The summed E-state index contributed by atoms with van der Waals surface area (Å²) in [6.07, 6.45) is 7.14. The number of pyridine rings is 1. The molecule has 1 heterocycles. The van der Waals surface area contributed by atoms with Gasteiger partial charge in [0.15, 0.2) is 0 Å². The third kappa shape index (κ3) is 4.47. The summed E-state index contributed by atoms with van der Waals surface area (Å²) >= 11 is 0. The second-order valence-electron chi connectivity index (χ2n) is 3.38. The van der Waals surface area contributed by atoms with Crippen LogP contribution in [0.25, 0.3) is 0 Å². The first-order valence-corrected chi connectivity index (χ1v) is 6.09. The van der Waals surface area contributed by atoms with E-state index in [9.17, 15) is 0 Å². The van der Waals surface area contributed by atoms with Gasteiger partial charge in [-0.1, -0.05) is 39.8 Å². The standard InChI is InChI=1S/C12H18N2.C2H6/c1-4-6-8-11-9-7-10-13-12(11)14(3)5-2;1-2/h5,7,9-10H,2,4,6,8H2,1,3H3;1-2H3. The van der Waals surface area contributed by atoms with Gasteiger partial charge in [-0.15, -0.1) is 0 Å². The van der Waals surface area contributed by atoms with E-state index in [2.05, 4.69) is 24.6 Å². The lowest BCUT2D eigenvalue weighted by molar-refractivity contribution is 0.790. The SMILES string of the molecule is C=CN(C)c1ncccc1CCCC.CC. The number of hydrogen-bond donors (Lipinski definition) is 0. The van der Waals surface area contributed by atoms with Gasteiger partial charge in [-0.25, -0.2) is 4.98 Å². The highest BCUT2D eigenvalue weighted by Gasteiger charge is 2.04. The van der Waals surface area contributed by atoms with E-state index in [1.54, 1.807) is 6.20 Å². The van der Waals surface area contributed by atoms with Gasteiger partial charge in [0.25, 0.3) is 0 Å². The van der Waals surface area contributed by atoms with Crippen LogP contribution >= 0.6 is 0 Å². The van der Waals surface area contributed by atoms with E-state index in [1.807, 2.05) is 38.1 Å².